The van der Waals surface area contributed by atoms with E-state index >= 15 is 0 Å². The Morgan fingerprint density at radius 1 is 1.17 bits per heavy atom. The lowest BCUT2D eigenvalue weighted by Crippen LogP contribution is -2.40. The van der Waals surface area contributed by atoms with Gasteiger partial charge in [0.25, 0.3) is 0 Å². The third-order valence-electron chi connectivity index (χ3n) is 5.31. The van der Waals surface area contributed by atoms with Gasteiger partial charge in [0, 0.05) is 19.8 Å². The van der Waals surface area contributed by atoms with Gasteiger partial charge >= 0.3 is 0 Å². The minimum Gasteiger partial charge on any atom is -0.367 e. The highest BCUT2D eigenvalue weighted by Crippen LogP contribution is 2.35. The average Bonchev–Trinajstić information content (AvgIpc) is 2.72. The predicted octanol–water partition coefficient (Wildman–Crippen LogP) is 6.73. The molecule has 1 aliphatic carbocycles. The molecule has 2 aromatic carbocycles. The Hall–Kier alpha value is -1.81. The van der Waals surface area contributed by atoms with Crippen molar-refractivity contribution >= 4 is 33.2 Å². The fourth-order valence-corrected chi connectivity index (χ4v) is 4.25. The van der Waals surface area contributed by atoms with Crippen LogP contribution in [0, 0.1) is 12.8 Å². The minimum atomic E-state index is -1.52. The zero-order valence-corrected chi connectivity index (χ0v) is 19.3. The fraction of sp³-hybridized carbons (Fsp3) is 0.480. The van der Waals surface area contributed by atoms with Crippen molar-refractivity contribution in [3.8, 4) is 0 Å². The molecular formula is C25H33BrN2O. The second-order valence-corrected chi connectivity index (χ2v) is 9.23. The second-order valence-electron chi connectivity index (χ2n) is 8.32. The molecule has 1 aliphatic rings. The first-order valence-corrected chi connectivity index (χ1v) is 11.4. The van der Waals surface area contributed by atoms with E-state index in [1.54, 1.807) is 0 Å². The van der Waals surface area contributed by atoms with E-state index in [4.69, 9.17) is 2.74 Å². The monoisotopic (exact) mass is 458 g/mol. The standard InChI is InChI=1S/C25H33BrN2O/c1-18(2)17-28(22-7-5-4-6-8-22)24-14-13-21(26)16-23(24)27-25(29)15-20-11-9-19(3)10-12-20/h9-14,16,18,22H,4-8,15,17H2,1-3H3,(H,27,29)/i17D2. The van der Waals surface area contributed by atoms with Crippen LogP contribution < -0.4 is 10.2 Å². The van der Waals surface area contributed by atoms with Crippen LogP contribution in [0.3, 0.4) is 0 Å². The summed E-state index contributed by atoms with van der Waals surface area (Å²) in [5.74, 6) is -0.286. The molecule has 1 N–H and O–H groups in total. The third kappa shape index (κ3) is 6.33. The Morgan fingerprint density at radius 3 is 2.52 bits per heavy atom. The van der Waals surface area contributed by atoms with E-state index < -0.39 is 6.50 Å². The van der Waals surface area contributed by atoms with E-state index in [2.05, 4.69) is 21.2 Å². The number of hydrogen-bond acceptors (Lipinski definition) is 2. The van der Waals surface area contributed by atoms with Crippen LogP contribution in [0.15, 0.2) is 46.9 Å². The lowest BCUT2D eigenvalue weighted by atomic mass is 9.93. The highest BCUT2D eigenvalue weighted by Gasteiger charge is 2.24. The number of halogens is 1. The Morgan fingerprint density at radius 2 is 1.86 bits per heavy atom. The van der Waals surface area contributed by atoms with E-state index in [0.717, 1.165) is 47.0 Å². The molecule has 0 bridgehead atoms. The number of aryl methyl sites for hydroxylation is 1. The van der Waals surface area contributed by atoms with Crippen LogP contribution in [-0.4, -0.2) is 18.4 Å². The normalized spacial score (nSPS) is 16.3. The maximum absolute atomic E-state index is 12.9. The molecule has 0 aliphatic heterocycles. The number of carbonyl (C=O) groups excluding carboxylic acids is 1. The molecule has 29 heavy (non-hydrogen) atoms. The van der Waals surface area contributed by atoms with Crippen LogP contribution in [-0.2, 0) is 11.2 Å². The lowest BCUT2D eigenvalue weighted by molar-refractivity contribution is -0.115. The van der Waals surface area contributed by atoms with Crippen molar-refractivity contribution in [1.29, 1.82) is 0 Å². The molecule has 0 aromatic heterocycles. The zero-order valence-electron chi connectivity index (χ0n) is 19.7. The third-order valence-corrected chi connectivity index (χ3v) is 5.81. The minimum absolute atomic E-state index is 0.100. The summed E-state index contributed by atoms with van der Waals surface area (Å²) < 4.78 is 18.7. The van der Waals surface area contributed by atoms with Gasteiger partial charge in [0.1, 0.15) is 0 Å². The molecule has 2 aromatic rings. The number of benzene rings is 2. The summed E-state index contributed by atoms with van der Waals surface area (Å²) in [6, 6.07) is 13.8. The fourth-order valence-electron chi connectivity index (χ4n) is 3.89. The van der Waals surface area contributed by atoms with Crippen LogP contribution in [0.25, 0.3) is 0 Å². The summed E-state index contributed by atoms with van der Waals surface area (Å²) in [5, 5.41) is 3.07. The van der Waals surface area contributed by atoms with Gasteiger partial charge in [0.05, 0.1) is 17.8 Å². The molecule has 0 unspecified atom stereocenters. The molecule has 0 atom stereocenters. The number of amides is 1. The van der Waals surface area contributed by atoms with Gasteiger partial charge in [-0.05, 0) is 49.4 Å². The van der Waals surface area contributed by atoms with Gasteiger partial charge in [-0.3, -0.25) is 4.79 Å². The Kier molecular flexibility index (Phi) is 6.80. The Labute approximate surface area is 186 Å². The topological polar surface area (TPSA) is 32.3 Å². The molecule has 0 spiro atoms. The van der Waals surface area contributed by atoms with Gasteiger partial charge in [0.2, 0.25) is 5.91 Å². The first kappa shape index (κ1) is 19.2. The number of anilines is 2. The van der Waals surface area contributed by atoms with E-state index in [-0.39, 0.29) is 24.3 Å². The van der Waals surface area contributed by atoms with E-state index in [1.165, 1.54) is 6.42 Å². The number of rotatable bonds is 7. The van der Waals surface area contributed by atoms with Gasteiger partial charge < -0.3 is 10.2 Å². The number of nitrogens with zero attached hydrogens (tertiary/aromatic N) is 1. The molecule has 0 saturated heterocycles. The molecule has 3 nitrogen and oxygen atoms in total. The van der Waals surface area contributed by atoms with Gasteiger partial charge in [-0.2, -0.15) is 0 Å². The molecular weight excluding hydrogens is 424 g/mol. The molecule has 1 saturated carbocycles. The molecule has 1 amide bonds. The largest absolute Gasteiger partial charge is 0.367 e. The van der Waals surface area contributed by atoms with E-state index in [9.17, 15) is 4.79 Å². The van der Waals surface area contributed by atoms with Crippen LogP contribution in [0.1, 0.15) is 59.8 Å². The van der Waals surface area contributed by atoms with Crippen molar-refractivity contribution in [2.24, 2.45) is 5.92 Å². The van der Waals surface area contributed by atoms with Crippen LogP contribution in [0.4, 0.5) is 11.4 Å². The highest BCUT2D eigenvalue weighted by molar-refractivity contribution is 9.10. The van der Waals surface area contributed by atoms with Crippen LogP contribution >= 0.6 is 15.9 Å². The first-order chi connectivity index (χ1) is 14.7. The maximum atomic E-state index is 12.9. The number of carbonyl (C=O) groups is 1. The molecule has 1 fully saturated rings. The van der Waals surface area contributed by atoms with Crippen molar-refractivity contribution in [1.82, 2.24) is 0 Å². The molecule has 0 radical (unpaired) electrons. The SMILES string of the molecule is [2H]C([2H])(C(C)C)N(c1ccc(Br)cc1NC(=O)Cc1ccc(C)cc1)C1CCCCC1. The lowest BCUT2D eigenvalue weighted by Gasteiger charge is -2.38. The van der Waals surface area contributed by atoms with Gasteiger partial charge in [0.15, 0.2) is 0 Å². The number of nitrogens with one attached hydrogen (secondary N) is 1. The predicted molar refractivity (Wildman–Crippen MR) is 127 cm³/mol. The van der Waals surface area contributed by atoms with Crippen LogP contribution in [0.5, 0.6) is 0 Å². The van der Waals surface area contributed by atoms with Crippen molar-refractivity contribution in [2.45, 2.75) is 65.3 Å². The first-order valence-electron chi connectivity index (χ1n) is 11.6. The summed E-state index contributed by atoms with van der Waals surface area (Å²) in [7, 11) is 0. The Balaban J connectivity index is 1.93. The molecule has 156 valence electrons. The molecule has 0 heterocycles. The van der Waals surface area contributed by atoms with Crippen molar-refractivity contribution in [2.75, 3.05) is 16.7 Å². The van der Waals surface area contributed by atoms with Gasteiger partial charge in [-0.25, -0.2) is 0 Å². The van der Waals surface area contributed by atoms with E-state index in [0.29, 0.717) is 5.69 Å². The summed E-state index contributed by atoms with van der Waals surface area (Å²) in [6.45, 7) is 4.35. The van der Waals surface area contributed by atoms with E-state index in [1.807, 2.05) is 68.1 Å². The number of hydrogen-bond donors (Lipinski definition) is 1. The second kappa shape index (κ2) is 10.3. The van der Waals surface area contributed by atoms with Crippen molar-refractivity contribution in [3.63, 3.8) is 0 Å². The molecule has 3 rings (SSSR count). The van der Waals surface area contributed by atoms with Gasteiger partial charge in [-0.1, -0.05) is 78.9 Å². The smallest absolute Gasteiger partial charge is 0.228 e. The summed E-state index contributed by atoms with van der Waals surface area (Å²) in [6.07, 6.45) is 5.66. The maximum Gasteiger partial charge on any atom is 0.228 e. The van der Waals surface area contributed by atoms with Crippen molar-refractivity contribution in [3.05, 3.63) is 58.1 Å². The summed E-state index contributed by atoms with van der Waals surface area (Å²) >= 11 is 3.52. The average molecular weight is 459 g/mol. The Bertz CT molecular complexity index is 893. The quantitative estimate of drug-likeness (QED) is 0.498. The highest BCUT2D eigenvalue weighted by atomic mass is 79.9. The zero-order chi connectivity index (χ0) is 22.6. The molecule has 4 heteroatoms. The summed E-state index contributed by atoms with van der Waals surface area (Å²) in [5.41, 5.74) is 3.53. The van der Waals surface area contributed by atoms with Crippen LogP contribution in [0.2, 0.25) is 0 Å². The van der Waals surface area contributed by atoms with Crippen molar-refractivity contribution < 1.29 is 7.54 Å². The van der Waals surface area contributed by atoms with Gasteiger partial charge in [-0.15, -0.1) is 0 Å². The summed E-state index contributed by atoms with van der Waals surface area (Å²) in [4.78, 5) is 14.8.